The van der Waals surface area contributed by atoms with Gasteiger partial charge in [0.2, 0.25) is 11.8 Å². The van der Waals surface area contributed by atoms with Crippen molar-refractivity contribution in [1.82, 2.24) is 4.90 Å². The van der Waals surface area contributed by atoms with Crippen molar-refractivity contribution < 1.29 is 23.1 Å². The molecule has 28 heavy (non-hydrogen) atoms. The first-order chi connectivity index (χ1) is 13.4. The second-order valence-electron chi connectivity index (χ2n) is 6.72. The Balaban J connectivity index is 1.80. The van der Waals surface area contributed by atoms with E-state index in [0.29, 0.717) is 30.6 Å². The highest BCUT2D eigenvalue weighted by molar-refractivity contribution is 5.97. The van der Waals surface area contributed by atoms with Gasteiger partial charge in [0.1, 0.15) is 11.8 Å². The summed E-state index contributed by atoms with van der Waals surface area (Å²) in [5, 5.41) is 2.80. The van der Waals surface area contributed by atoms with E-state index in [0.717, 1.165) is 12.0 Å². The highest BCUT2D eigenvalue weighted by Crippen LogP contribution is 2.28. The monoisotopic (exact) mass is 388 g/mol. The molecular weight excluding hydrogens is 366 g/mol. The number of alkyl halides is 2. The maximum Gasteiger partial charge on any atom is 0.387 e. The van der Waals surface area contributed by atoms with Crippen LogP contribution in [0.15, 0.2) is 48.5 Å². The number of hydrogen-bond acceptors (Lipinski definition) is 3. The molecule has 1 heterocycles. The Kier molecular flexibility index (Phi) is 6.23. The maximum absolute atomic E-state index is 12.7. The molecule has 1 saturated heterocycles. The number of nitrogens with zero attached hydrogens (tertiary/aromatic N) is 1. The van der Waals surface area contributed by atoms with E-state index in [4.69, 9.17) is 0 Å². The van der Waals surface area contributed by atoms with Crippen LogP contribution in [0.25, 0.3) is 0 Å². The fourth-order valence-electron chi connectivity index (χ4n) is 3.46. The van der Waals surface area contributed by atoms with Crippen LogP contribution in [0.3, 0.4) is 0 Å². The van der Waals surface area contributed by atoms with Gasteiger partial charge < -0.3 is 15.0 Å². The number of benzene rings is 2. The summed E-state index contributed by atoms with van der Waals surface area (Å²) in [6.45, 7) is -0.925. The molecule has 0 saturated carbocycles. The maximum atomic E-state index is 12.7. The van der Waals surface area contributed by atoms with Gasteiger partial charge in [0.05, 0.1) is 0 Å². The molecule has 2 aromatic carbocycles. The van der Waals surface area contributed by atoms with E-state index in [9.17, 15) is 18.4 Å². The minimum atomic E-state index is -2.93. The van der Waals surface area contributed by atoms with E-state index in [2.05, 4.69) is 10.1 Å². The first-order valence-corrected chi connectivity index (χ1v) is 9.14. The molecule has 2 amide bonds. The van der Waals surface area contributed by atoms with Crippen LogP contribution in [0.4, 0.5) is 14.5 Å². The molecule has 1 aliphatic rings. The highest BCUT2D eigenvalue weighted by Gasteiger charge is 2.32. The number of ether oxygens (including phenoxy) is 1. The fraction of sp³-hybridized carbons (Fsp3) is 0.333. The summed E-state index contributed by atoms with van der Waals surface area (Å²) >= 11 is 0. The Bertz CT molecular complexity index is 843. The number of amides is 2. The van der Waals surface area contributed by atoms with E-state index in [-0.39, 0.29) is 17.6 Å². The molecule has 1 N–H and O–H groups in total. The van der Waals surface area contributed by atoms with Gasteiger partial charge >= 0.3 is 6.61 Å². The molecule has 1 fully saturated rings. The second kappa shape index (κ2) is 8.82. The SMILES string of the molecule is CC(=O)N1CCC[C@@H]1C(=O)Nc1ccc(OC(F)F)c(Cc2ccccc2)c1. The van der Waals surface area contributed by atoms with Crippen LogP contribution in [-0.4, -0.2) is 35.9 Å². The third-order valence-electron chi connectivity index (χ3n) is 4.74. The van der Waals surface area contributed by atoms with Crippen LogP contribution in [0.1, 0.15) is 30.9 Å². The van der Waals surface area contributed by atoms with Crippen molar-refractivity contribution >= 4 is 17.5 Å². The number of carbonyl (C=O) groups is 2. The zero-order valence-corrected chi connectivity index (χ0v) is 15.5. The van der Waals surface area contributed by atoms with Crippen molar-refractivity contribution in [1.29, 1.82) is 0 Å². The number of carbonyl (C=O) groups excluding carboxylic acids is 2. The standard InChI is InChI=1S/C21H22F2N2O3/c1-14(26)25-11-5-8-18(25)20(27)24-17-9-10-19(28-21(22)23)16(13-17)12-15-6-3-2-4-7-15/h2-4,6-7,9-10,13,18,21H,5,8,11-12H2,1H3,(H,24,27)/t18-/m1/s1. The minimum absolute atomic E-state index is 0.0723. The summed E-state index contributed by atoms with van der Waals surface area (Å²) in [7, 11) is 0. The molecule has 0 spiro atoms. The smallest absolute Gasteiger partial charge is 0.387 e. The average molecular weight is 388 g/mol. The molecule has 3 rings (SSSR count). The lowest BCUT2D eigenvalue weighted by Gasteiger charge is -2.22. The van der Waals surface area contributed by atoms with Crippen molar-refractivity contribution in [3.8, 4) is 5.75 Å². The molecule has 0 unspecified atom stereocenters. The van der Waals surface area contributed by atoms with Gasteiger partial charge in [0, 0.05) is 31.1 Å². The first-order valence-electron chi connectivity index (χ1n) is 9.14. The zero-order chi connectivity index (χ0) is 20.1. The molecule has 0 aromatic heterocycles. The molecule has 1 aliphatic heterocycles. The van der Waals surface area contributed by atoms with Gasteiger partial charge in [-0.1, -0.05) is 30.3 Å². The van der Waals surface area contributed by atoms with Crippen molar-refractivity contribution in [2.24, 2.45) is 0 Å². The van der Waals surface area contributed by atoms with Crippen molar-refractivity contribution in [2.45, 2.75) is 38.8 Å². The van der Waals surface area contributed by atoms with Crippen LogP contribution in [0.5, 0.6) is 5.75 Å². The van der Waals surface area contributed by atoms with Gasteiger partial charge in [0.25, 0.3) is 0 Å². The van der Waals surface area contributed by atoms with E-state index >= 15 is 0 Å². The number of nitrogens with one attached hydrogen (secondary N) is 1. The van der Waals surface area contributed by atoms with Gasteiger partial charge in [-0.3, -0.25) is 9.59 Å². The predicted octanol–water partition coefficient (Wildman–Crippen LogP) is 3.83. The molecule has 0 aliphatic carbocycles. The quantitative estimate of drug-likeness (QED) is 0.818. The normalized spacial score (nSPS) is 16.3. The zero-order valence-electron chi connectivity index (χ0n) is 15.5. The molecule has 148 valence electrons. The third-order valence-corrected chi connectivity index (χ3v) is 4.74. The van der Waals surface area contributed by atoms with Gasteiger partial charge in [0.15, 0.2) is 0 Å². The summed E-state index contributed by atoms with van der Waals surface area (Å²) in [5.74, 6) is -0.341. The number of anilines is 1. The molecule has 5 nitrogen and oxygen atoms in total. The number of hydrogen-bond donors (Lipinski definition) is 1. The number of rotatable bonds is 6. The second-order valence-corrected chi connectivity index (χ2v) is 6.72. The van der Waals surface area contributed by atoms with Crippen molar-refractivity contribution in [3.05, 3.63) is 59.7 Å². The molecular formula is C21H22F2N2O3. The Morgan fingerprint density at radius 1 is 1.21 bits per heavy atom. The Hall–Kier alpha value is -2.96. The largest absolute Gasteiger partial charge is 0.435 e. The summed E-state index contributed by atoms with van der Waals surface area (Å²) in [6, 6.07) is 13.5. The molecule has 7 heteroatoms. The van der Waals surface area contributed by atoms with Crippen LogP contribution in [-0.2, 0) is 16.0 Å². The third kappa shape index (κ3) is 4.85. The lowest BCUT2D eigenvalue weighted by Crippen LogP contribution is -2.42. The van der Waals surface area contributed by atoms with Crippen LogP contribution in [0, 0.1) is 0 Å². The van der Waals surface area contributed by atoms with E-state index in [1.165, 1.54) is 19.1 Å². The summed E-state index contributed by atoms with van der Waals surface area (Å²) < 4.78 is 30.1. The van der Waals surface area contributed by atoms with E-state index in [1.54, 1.807) is 11.0 Å². The Morgan fingerprint density at radius 3 is 2.64 bits per heavy atom. The summed E-state index contributed by atoms with van der Waals surface area (Å²) in [6.07, 6.45) is 1.77. The topological polar surface area (TPSA) is 58.6 Å². The summed E-state index contributed by atoms with van der Waals surface area (Å²) in [5.41, 5.74) is 1.95. The van der Waals surface area contributed by atoms with Gasteiger partial charge in [-0.15, -0.1) is 0 Å². The van der Waals surface area contributed by atoms with Gasteiger partial charge in [-0.25, -0.2) is 0 Å². The Labute approximate surface area is 162 Å². The minimum Gasteiger partial charge on any atom is -0.435 e. The lowest BCUT2D eigenvalue weighted by atomic mass is 10.0. The van der Waals surface area contributed by atoms with Gasteiger partial charge in [-0.05, 0) is 36.6 Å². The van der Waals surface area contributed by atoms with Crippen molar-refractivity contribution in [3.63, 3.8) is 0 Å². The number of halogens is 2. The molecule has 1 atom stereocenters. The van der Waals surface area contributed by atoms with Gasteiger partial charge in [-0.2, -0.15) is 8.78 Å². The average Bonchev–Trinajstić information content (AvgIpc) is 3.15. The van der Waals surface area contributed by atoms with E-state index in [1.807, 2.05) is 30.3 Å². The van der Waals surface area contributed by atoms with Crippen LogP contribution < -0.4 is 10.1 Å². The highest BCUT2D eigenvalue weighted by atomic mass is 19.3. The molecule has 2 aromatic rings. The molecule has 0 radical (unpaired) electrons. The summed E-state index contributed by atoms with van der Waals surface area (Å²) in [4.78, 5) is 25.8. The first kappa shape index (κ1) is 19.8. The fourth-order valence-corrected chi connectivity index (χ4v) is 3.46. The predicted molar refractivity (Wildman–Crippen MR) is 101 cm³/mol. The van der Waals surface area contributed by atoms with Crippen LogP contribution >= 0.6 is 0 Å². The van der Waals surface area contributed by atoms with Crippen LogP contribution in [0.2, 0.25) is 0 Å². The lowest BCUT2D eigenvalue weighted by molar-refractivity contribution is -0.134. The number of likely N-dealkylation sites (tertiary alicyclic amines) is 1. The van der Waals surface area contributed by atoms with E-state index < -0.39 is 12.7 Å². The molecule has 0 bridgehead atoms. The Morgan fingerprint density at radius 2 is 1.96 bits per heavy atom. The van der Waals surface area contributed by atoms with Crippen molar-refractivity contribution in [2.75, 3.05) is 11.9 Å².